The highest BCUT2D eigenvalue weighted by atomic mass is 32.2. The molecule has 4 bridgehead atoms. The van der Waals surface area contributed by atoms with Crippen molar-refractivity contribution in [3.63, 3.8) is 0 Å². The van der Waals surface area contributed by atoms with Gasteiger partial charge in [-0.15, -0.1) is 11.8 Å². The van der Waals surface area contributed by atoms with E-state index in [9.17, 15) is 9.59 Å². The van der Waals surface area contributed by atoms with Gasteiger partial charge in [0.1, 0.15) is 5.78 Å². The molecule has 132 valence electrons. The molecule has 0 N–H and O–H groups in total. The molecule has 0 heterocycles. The van der Waals surface area contributed by atoms with Crippen LogP contribution in [0.15, 0.2) is 53.5 Å². The molecule has 1 aromatic carbocycles. The molecule has 6 rings (SSSR count). The highest BCUT2D eigenvalue weighted by Gasteiger charge is 2.71. The van der Waals surface area contributed by atoms with Gasteiger partial charge in [-0.3, -0.25) is 9.59 Å². The lowest BCUT2D eigenvalue weighted by Crippen LogP contribution is -2.60. The van der Waals surface area contributed by atoms with E-state index < -0.39 is 4.75 Å². The van der Waals surface area contributed by atoms with Crippen molar-refractivity contribution in [1.29, 1.82) is 0 Å². The van der Waals surface area contributed by atoms with Crippen LogP contribution in [0.2, 0.25) is 0 Å². The molecule has 5 aliphatic rings. The maximum Gasteiger partial charge on any atom is 0.155 e. The van der Waals surface area contributed by atoms with Crippen molar-refractivity contribution in [2.24, 2.45) is 41.4 Å². The standard InChI is InChI=1S/C23H22O2S/c1-12-2-8-17(9-3-12)26-23-16-7-6-15(11-16)20(23)21(24)18-13-4-5-14(10-13)19(18)22(23)25/h2-9,13-16,18-20H,10-11H2,1H3/t13-,14+,15+,16-,18-,19+,20-,23+/m1/s1. The van der Waals surface area contributed by atoms with Gasteiger partial charge >= 0.3 is 0 Å². The number of hydrogen-bond donors (Lipinski definition) is 0. The summed E-state index contributed by atoms with van der Waals surface area (Å²) in [7, 11) is 0. The van der Waals surface area contributed by atoms with E-state index in [1.807, 2.05) is 0 Å². The average Bonchev–Trinajstić information content (AvgIpc) is 3.40. The third-order valence-electron chi connectivity index (χ3n) is 7.65. The number of hydrogen-bond acceptors (Lipinski definition) is 3. The van der Waals surface area contributed by atoms with Crippen molar-refractivity contribution in [1.82, 2.24) is 0 Å². The number of Topliss-reactive ketones (excluding diaryl/α,β-unsaturated/α-hetero) is 2. The number of carbonyl (C=O) groups is 2. The smallest absolute Gasteiger partial charge is 0.155 e. The molecule has 2 nitrogen and oxygen atoms in total. The molecule has 0 spiro atoms. The third-order valence-corrected chi connectivity index (χ3v) is 9.25. The van der Waals surface area contributed by atoms with E-state index in [0.717, 1.165) is 17.7 Å². The Morgan fingerprint density at radius 2 is 1.58 bits per heavy atom. The summed E-state index contributed by atoms with van der Waals surface area (Å²) in [5, 5.41) is 0. The molecule has 0 aromatic heterocycles. The van der Waals surface area contributed by atoms with Crippen LogP contribution in [0, 0.1) is 48.3 Å². The first-order valence-corrected chi connectivity index (χ1v) is 10.6. The van der Waals surface area contributed by atoms with Crippen LogP contribution >= 0.6 is 11.8 Å². The van der Waals surface area contributed by atoms with Gasteiger partial charge in [0.2, 0.25) is 0 Å². The Hall–Kier alpha value is -1.61. The Balaban J connectivity index is 1.49. The van der Waals surface area contributed by atoms with Crippen LogP contribution in [0.1, 0.15) is 18.4 Å². The van der Waals surface area contributed by atoms with E-state index in [2.05, 4.69) is 55.5 Å². The van der Waals surface area contributed by atoms with Crippen molar-refractivity contribution < 1.29 is 9.59 Å². The molecule has 26 heavy (non-hydrogen) atoms. The van der Waals surface area contributed by atoms with Gasteiger partial charge in [0.25, 0.3) is 0 Å². The molecule has 0 amide bonds. The van der Waals surface area contributed by atoms with Crippen LogP contribution in [0.5, 0.6) is 0 Å². The molecule has 8 atom stereocenters. The predicted octanol–water partition coefficient (Wildman–Crippen LogP) is 4.24. The third kappa shape index (κ3) is 1.71. The second-order valence-corrected chi connectivity index (χ2v) is 10.2. The van der Waals surface area contributed by atoms with Gasteiger partial charge in [0.05, 0.1) is 4.75 Å². The van der Waals surface area contributed by atoms with Gasteiger partial charge in [-0.05, 0) is 49.7 Å². The van der Waals surface area contributed by atoms with Crippen LogP contribution in [-0.2, 0) is 9.59 Å². The number of allylic oxidation sites excluding steroid dienone is 4. The molecule has 0 aliphatic heterocycles. The first kappa shape index (κ1) is 15.4. The minimum atomic E-state index is -0.564. The summed E-state index contributed by atoms with van der Waals surface area (Å²) in [6, 6.07) is 8.45. The fourth-order valence-corrected chi connectivity index (χ4v) is 8.27. The fraction of sp³-hybridized carbons (Fsp3) is 0.478. The summed E-state index contributed by atoms with van der Waals surface area (Å²) in [6.45, 7) is 2.08. The van der Waals surface area contributed by atoms with Crippen molar-refractivity contribution >= 4 is 23.3 Å². The largest absolute Gasteiger partial charge is 0.299 e. The monoisotopic (exact) mass is 362 g/mol. The first-order valence-electron chi connectivity index (χ1n) is 9.80. The number of carbonyl (C=O) groups excluding carboxylic acids is 2. The van der Waals surface area contributed by atoms with Crippen molar-refractivity contribution in [3.05, 3.63) is 54.1 Å². The Labute approximate surface area is 158 Å². The van der Waals surface area contributed by atoms with Crippen LogP contribution in [-0.4, -0.2) is 16.3 Å². The van der Waals surface area contributed by atoms with Gasteiger partial charge in [0.15, 0.2) is 5.78 Å². The Morgan fingerprint density at radius 1 is 0.885 bits per heavy atom. The second-order valence-electron chi connectivity index (χ2n) is 8.84. The van der Waals surface area contributed by atoms with Gasteiger partial charge in [-0.25, -0.2) is 0 Å². The van der Waals surface area contributed by atoms with E-state index in [4.69, 9.17) is 0 Å². The van der Waals surface area contributed by atoms with Gasteiger partial charge in [-0.1, -0.05) is 42.0 Å². The average molecular weight is 362 g/mol. The summed E-state index contributed by atoms with van der Waals surface area (Å²) in [5.41, 5.74) is 1.22. The van der Waals surface area contributed by atoms with Crippen LogP contribution in [0.4, 0.5) is 0 Å². The topological polar surface area (TPSA) is 34.1 Å². The minimum absolute atomic E-state index is 0.0398. The van der Waals surface area contributed by atoms with Gasteiger partial charge in [0, 0.05) is 28.6 Å². The zero-order chi connectivity index (χ0) is 17.6. The number of aryl methyl sites for hydroxylation is 1. The Bertz CT molecular complexity index is 882. The SMILES string of the molecule is Cc1ccc(S[C@]23C(=O)[C@@H]4[C@H](C(=O)[C@H]2[C@H]2C=C[C@@H]3C2)[C@@H]2C=C[C@H]4C2)cc1. The molecule has 3 heteroatoms. The molecule has 0 radical (unpaired) electrons. The summed E-state index contributed by atoms with van der Waals surface area (Å²) in [4.78, 5) is 28.7. The lowest BCUT2D eigenvalue weighted by atomic mass is 9.60. The van der Waals surface area contributed by atoms with Crippen molar-refractivity contribution in [2.75, 3.05) is 0 Å². The van der Waals surface area contributed by atoms with Gasteiger partial charge < -0.3 is 0 Å². The molecule has 1 aromatic rings. The lowest BCUT2D eigenvalue weighted by Gasteiger charge is -2.48. The fourth-order valence-electron chi connectivity index (χ4n) is 6.63. The molecule has 0 saturated heterocycles. The summed E-state index contributed by atoms with van der Waals surface area (Å²) >= 11 is 1.70. The molecule has 0 unspecified atom stereocenters. The second kappa shape index (κ2) is 5.01. The molecular formula is C23H22O2S. The lowest BCUT2D eigenvalue weighted by molar-refractivity contribution is -0.146. The van der Waals surface area contributed by atoms with Crippen LogP contribution in [0.3, 0.4) is 0 Å². The predicted molar refractivity (Wildman–Crippen MR) is 102 cm³/mol. The van der Waals surface area contributed by atoms with Gasteiger partial charge in [-0.2, -0.15) is 0 Å². The molecule has 3 saturated carbocycles. The normalized spacial score (nSPS) is 46.9. The molecule has 3 fully saturated rings. The zero-order valence-corrected chi connectivity index (χ0v) is 15.6. The van der Waals surface area contributed by atoms with Crippen LogP contribution in [0.25, 0.3) is 0 Å². The number of benzene rings is 1. The van der Waals surface area contributed by atoms with E-state index >= 15 is 0 Å². The zero-order valence-electron chi connectivity index (χ0n) is 14.8. The Morgan fingerprint density at radius 3 is 2.35 bits per heavy atom. The van der Waals surface area contributed by atoms with Crippen LogP contribution < -0.4 is 0 Å². The van der Waals surface area contributed by atoms with Crippen molar-refractivity contribution in [3.8, 4) is 0 Å². The number of thioether (sulfide) groups is 1. The minimum Gasteiger partial charge on any atom is -0.299 e. The number of fused-ring (bicyclic) bond motifs is 10. The van der Waals surface area contributed by atoms with Crippen molar-refractivity contribution in [2.45, 2.75) is 29.4 Å². The highest BCUT2D eigenvalue weighted by Crippen LogP contribution is 2.67. The Kier molecular flexibility index (Phi) is 2.98. The van der Waals surface area contributed by atoms with E-state index in [-0.39, 0.29) is 29.6 Å². The number of rotatable bonds is 2. The van der Waals surface area contributed by atoms with E-state index in [1.165, 1.54) is 5.56 Å². The maximum atomic E-state index is 14.0. The molecule has 5 aliphatic carbocycles. The van der Waals surface area contributed by atoms with E-state index in [1.54, 1.807) is 11.8 Å². The van der Waals surface area contributed by atoms with E-state index in [0.29, 0.717) is 23.4 Å². The number of ketones is 2. The highest BCUT2D eigenvalue weighted by molar-refractivity contribution is 8.01. The maximum absolute atomic E-state index is 14.0. The quantitative estimate of drug-likeness (QED) is 0.738. The summed E-state index contributed by atoms with van der Waals surface area (Å²) in [5.74, 6) is 1.62. The molecular weight excluding hydrogens is 340 g/mol. The first-order chi connectivity index (χ1) is 12.6. The summed E-state index contributed by atoms with van der Waals surface area (Å²) < 4.78 is -0.564. The summed E-state index contributed by atoms with van der Waals surface area (Å²) in [6.07, 6.45) is 10.9.